The number of aromatic nitrogens is 3. The number of aromatic amines is 1. The van der Waals surface area contributed by atoms with E-state index < -0.39 is 21.3 Å². The normalized spacial score (nSPS) is 20.5. The molecule has 2 aromatic heterocycles. The number of nitrogens with zero attached hydrogens (tertiary/aromatic N) is 6. The van der Waals surface area contributed by atoms with Gasteiger partial charge in [0.05, 0.1) is 6.04 Å². The van der Waals surface area contributed by atoms with Crippen LogP contribution in [0.1, 0.15) is 23.8 Å². The van der Waals surface area contributed by atoms with Gasteiger partial charge in [0.25, 0.3) is 0 Å². The fourth-order valence-corrected chi connectivity index (χ4v) is 7.54. The molecule has 5 rings (SSSR count). The summed E-state index contributed by atoms with van der Waals surface area (Å²) in [4.78, 5) is 30.6. The van der Waals surface area contributed by atoms with E-state index in [0.717, 1.165) is 55.5 Å². The van der Waals surface area contributed by atoms with Crippen LogP contribution in [0.3, 0.4) is 0 Å². The molecule has 1 aromatic carbocycles. The molecule has 40 heavy (non-hydrogen) atoms. The molecule has 0 saturated carbocycles. The Balaban J connectivity index is 1.21. The highest BCUT2D eigenvalue weighted by molar-refractivity contribution is 7.89. The van der Waals surface area contributed by atoms with Gasteiger partial charge in [0.2, 0.25) is 16.0 Å². The largest absolute Gasteiger partial charge is 0.357 e. The molecule has 3 aromatic rings. The fraction of sp³-hybridized carbons (Fsp3) is 0.464. The summed E-state index contributed by atoms with van der Waals surface area (Å²) in [7, 11) is 0.0637. The molecule has 2 aliphatic heterocycles. The summed E-state index contributed by atoms with van der Waals surface area (Å²) >= 11 is 6.11. The summed E-state index contributed by atoms with van der Waals surface area (Å²) in [6, 6.07) is 8.67. The van der Waals surface area contributed by atoms with Crippen LogP contribution in [0.25, 0.3) is 10.9 Å². The lowest BCUT2D eigenvalue weighted by Gasteiger charge is -2.42. The number of rotatable bonds is 9. The number of hydrogen-bond acceptors (Lipinski definition) is 8. The van der Waals surface area contributed by atoms with Crippen molar-refractivity contribution in [3.05, 3.63) is 59.9 Å². The van der Waals surface area contributed by atoms with E-state index in [0.29, 0.717) is 35.7 Å². The Kier molecular flexibility index (Phi) is 8.46. The van der Waals surface area contributed by atoms with Crippen molar-refractivity contribution in [3.8, 4) is 0 Å². The van der Waals surface area contributed by atoms with Crippen LogP contribution in [0.2, 0.25) is 5.02 Å². The van der Waals surface area contributed by atoms with Crippen LogP contribution in [0, 0.1) is 5.92 Å². The summed E-state index contributed by atoms with van der Waals surface area (Å²) in [6.45, 7) is 7.31. The predicted octanol–water partition coefficient (Wildman–Crippen LogP) is 3.34. The maximum absolute atomic E-state index is 13.7. The van der Waals surface area contributed by atoms with Crippen molar-refractivity contribution >= 4 is 50.6 Å². The van der Waals surface area contributed by atoms with E-state index in [1.807, 2.05) is 37.2 Å². The Morgan fingerprint density at radius 1 is 1.18 bits per heavy atom. The van der Waals surface area contributed by atoms with Gasteiger partial charge >= 0.3 is 0 Å². The molecule has 2 unspecified atom stereocenters. The number of benzene rings is 1. The van der Waals surface area contributed by atoms with E-state index in [2.05, 4.69) is 31.3 Å². The number of carbonyl (C=O) groups is 1. The van der Waals surface area contributed by atoms with Gasteiger partial charge in [0.15, 0.2) is 0 Å². The molecule has 2 fully saturated rings. The van der Waals surface area contributed by atoms with Crippen molar-refractivity contribution in [2.75, 3.05) is 63.2 Å². The van der Waals surface area contributed by atoms with Crippen molar-refractivity contribution in [2.24, 2.45) is 5.92 Å². The number of hydrogen-bond donors (Lipinski definition) is 1. The summed E-state index contributed by atoms with van der Waals surface area (Å²) in [5.74, 6) is 2.04. The summed E-state index contributed by atoms with van der Waals surface area (Å²) in [5.41, 5.74) is 1.30. The Morgan fingerprint density at radius 2 is 1.95 bits per heavy atom. The first-order valence-corrected chi connectivity index (χ1v) is 15.4. The molecule has 214 valence electrons. The molecule has 0 amide bonds. The Morgan fingerprint density at radius 3 is 2.65 bits per heavy atom. The molecule has 0 aliphatic carbocycles. The molecule has 2 aliphatic rings. The number of piperidine rings is 1. The standard InChI is InChI=1S/C28H36ClN7O3S/c1-4-26(25-15-21-5-6-22(29)16-24(21)31-25)40(38,39)36-14-13-35(23(18-36)19-37)17-20-8-11-34(12-9-20)27-7-10-30-28(32-27)33(2)3/h4-7,10,15-16,19-20,23,26,31H,1,8-9,11-14,17-18H2,2-3H3. The topological polar surface area (TPSA) is 106 Å². The van der Waals surface area contributed by atoms with Crippen LogP contribution < -0.4 is 9.80 Å². The molecular formula is C28H36ClN7O3S. The maximum Gasteiger partial charge on any atom is 0.226 e. The van der Waals surface area contributed by atoms with Crippen molar-refractivity contribution in [1.82, 2.24) is 24.2 Å². The molecule has 12 heteroatoms. The van der Waals surface area contributed by atoms with Gasteiger partial charge in [0.1, 0.15) is 17.4 Å². The Labute approximate surface area is 240 Å². The zero-order valence-corrected chi connectivity index (χ0v) is 24.5. The number of fused-ring (bicyclic) bond motifs is 1. The van der Waals surface area contributed by atoms with Gasteiger partial charge in [-0.1, -0.05) is 23.7 Å². The second-order valence-corrected chi connectivity index (χ2v) is 13.2. The van der Waals surface area contributed by atoms with Crippen LogP contribution in [0.4, 0.5) is 11.8 Å². The molecular weight excluding hydrogens is 550 g/mol. The minimum Gasteiger partial charge on any atom is -0.357 e. The number of halogens is 1. The number of sulfonamides is 1. The molecule has 0 radical (unpaired) electrons. The van der Waals surface area contributed by atoms with E-state index in [-0.39, 0.29) is 6.54 Å². The third kappa shape index (κ3) is 5.88. The zero-order valence-electron chi connectivity index (χ0n) is 22.9. The maximum atomic E-state index is 13.7. The van der Waals surface area contributed by atoms with E-state index in [4.69, 9.17) is 11.6 Å². The third-order valence-electron chi connectivity index (χ3n) is 7.92. The van der Waals surface area contributed by atoms with Gasteiger partial charge < -0.3 is 19.6 Å². The predicted molar refractivity (Wildman–Crippen MR) is 159 cm³/mol. The van der Waals surface area contributed by atoms with E-state index >= 15 is 0 Å². The van der Waals surface area contributed by atoms with Crippen LogP contribution in [0.15, 0.2) is 49.2 Å². The molecule has 4 heterocycles. The first kappa shape index (κ1) is 28.5. The van der Waals surface area contributed by atoms with Crippen molar-refractivity contribution < 1.29 is 13.2 Å². The average Bonchev–Trinajstić information content (AvgIpc) is 3.36. The summed E-state index contributed by atoms with van der Waals surface area (Å²) in [6.07, 6.45) is 6.07. The van der Waals surface area contributed by atoms with Crippen molar-refractivity contribution in [3.63, 3.8) is 0 Å². The highest BCUT2D eigenvalue weighted by Gasteiger charge is 2.38. The van der Waals surface area contributed by atoms with Gasteiger partial charge in [-0.2, -0.15) is 9.29 Å². The van der Waals surface area contributed by atoms with E-state index in [9.17, 15) is 13.2 Å². The summed E-state index contributed by atoms with van der Waals surface area (Å²) < 4.78 is 28.9. The van der Waals surface area contributed by atoms with Gasteiger partial charge in [0, 0.05) is 75.8 Å². The first-order valence-electron chi connectivity index (χ1n) is 13.5. The van der Waals surface area contributed by atoms with Crippen LogP contribution >= 0.6 is 11.6 Å². The number of piperazine rings is 1. The lowest BCUT2D eigenvalue weighted by Crippen LogP contribution is -2.57. The van der Waals surface area contributed by atoms with Crippen LogP contribution in [-0.4, -0.2) is 98.3 Å². The van der Waals surface area contributed by atoms with Crippen molar-refractivity contribution in [1.29, 1.82) is 0 Å². The average molecular weight is 586 g/mol. The van der Waals surface area contributed by atoms with Gasteiger partial charge in [-0.25, -0.2) is 13.4 Å². The molecule has 2 atom stereocenters. The summed E-state index contributed by atoms with van der Waals surface area (Å²) in [5, 5.41) is 0.500. The zero-order chi connectivity index (χ0) is 28.4. The number of nitrogens with one attached hydrogen (secondary N) is 1. The highest BCUT2D eigenvalue weighted by Crippen LogP contribution is 2.32. The fourth-order valence-electron chi connectivity index (χ4n) is 5.66. The third-order valence-corrected chi connectivity index (χ3v) is 10.3. The Hall–Kier alpha value is -2.99. The molecule has 0 spiro atoms. The quantitative estimate of drug-likeness (QED) is 0.301. The van der Waals surface area contributed by atoms with Crippen molar-refractivity contribution in [2.45, 2.75) is 24.1 Å². The number of carbonyl (C=O) groups excluding carboxylic acids is 1. The monoisotopic (exact) mass is 585 g/mol. The Bertz CT molecular complexity index is 1470. The highest BCUT2D eigenvalue weighted by atomic mass is 35.5. The van der Waals surface area contributed by atoms with Gasteiger partial charge in [-0.3, -0.25) is 4.90 Å². The smallest absolute Gasteiger partial charge is 0.226 e. The molecule has 1 N–H and O–H groups in total. The second kappa shape index (κ2) is 11.9. The van der Waals surface area contributed by atoms with E-state index in [1.165, 1.54) is 10.4 Å². The molecule has 2 saturated heterocycles. The molecule has 10 nitrogen and oxygen atoms in total. The number of aldehydes is 1. The number of H-pyrrole nitrogens is 1. The van der Waals surface area contributed by atoms with E-state index in [1.54, 1.807) is 18.3 Å². The lowest BCUT2D eigenvalue weighted by molar-refractivity contribution is -0.114. The minimum absolute atomic E-state index is 0.134. The van der Waals surface area contributed by atoms with Gasteiger partial charge in [-0.15, -0.1) is 6.58 Å². The number of anilines is 2. The minimum atomic E-state index is -3.79. The SMILES string of the molecule is C=CC(c1cc2ccc(Cl)cc2[nH]1)S(=O)(=O)N1CCN(CC2CCN(c3ccnc(N(C)C)n3)CC2)C(C=O)C1. The van der Waals surface area contributed by atoms with Crippen LogP contribution in [-0.2, 0) is 14.8 Å². The van der Waals surface area contributed by atoms with Gasteiger partial charge in [-0.05, 0) is 48.4 Å². The second-order valence-electron chi connectivity index (χ2n) is 10.8. The first-order chi connectivity index (χ1) is 19.2. The molecule has 0 bridgehead atoms. The lowest BCUT2D eigenvalue weighted by atomic mass is 9.95. The van der Waals surface area contributed by atoms with Crippen LogP contribution in [0.5, 0.6) is 0 Å².